The number of para-hydroxylation sites is 3. The number of fused-ring (bicyclic) bond motifs is 1. The molecule has 0 aromatic heterocycles. The highest BCUT2D eigenvalue weighted by molar-refractivity contribution is 6.11. The molecule has 2 aliphatic rings. The summed E-state index contributed by atoms with van der Waals surface area (Å²) in [6.45, 7) is 4.45. The van der Waals surface area contributed by atoms with Crippen molar-refractivity contribution in [1.29, 1.82) is 0 Å². The van der Waals surface area contributed by atoms with Gasteiger partial charge in [-0.15, -0.1) is 0 Å². The van der Waals surface area contributed by atoms with Gasteiger partial charge in [-0.3, -0.25) is 9.59 Å². The molecule has 7 nitrogen and oxygen atoms in total. The second kappa shape index (κ2) is 9.57. The molecule has 0 saturated heterocycles. The summed E-state index contributed by atoms with van der Waals surface area (Å²) in [5.41, 5.74) is 3.84. The summed E-state index contributed by atoms with van der Waals surface area (Å²) in [6, 6.07) is 12.9. The van der Waals surface area contributed by atoms with Crippen LogP contribution in [0.3, 0.4) is 0 Å². The van der Waals surface area contributed by atoms with E-state index in [1.165, 1.54) is 7.11 Å². The first-order chi connectivity index (χ1) is 16.0. The van der Waals surface area contributed by atoms with Crippen molar-refractivity contribution in [2.45, 2.75) is 32.7 Å². The van der Waals surface area contributed by atoms with Gasteiger partial charge in [0, 0.05) is 16.8 Å². The third-order valence-corrected chi connectivity index (χ3v) is 6.22. The van der Waals surface area contributed by atoms with Gasteiger partial charge in [-0.25, -0.2) is 0 Å². The first kappa shape index (κ1) is 22.7. The Kier molecular flexibility index (Phi) is 6.58. The number of carbonyl (C=O) groups excluding carboxylic acids is 2. The fourth-order valence-corrected chi connectivity index (χ4v) is 4.65. The summed E-state index contributed by atoms with van der Waals surface area (Å²) in [6.07, 6.45) is 1.37. The molecular weight excluding hydrogens is 420 g/mol. The van der Waals surface area contributed by atoms with E-state index in [0.717, 1.165) is 29.1 Å². The summed E-state index contributed by atoms with van der Waals surface area (Å²) in [5.74, 6) is -0.608. The van der Waals surface area contributed by atoms with Crippen molar-refractivity contribution in [1.82, 2.24) is 0 Å². The van der Waals surface area contributed by atoms with Crippen LogP contribution in [0, 0.1) is 11.8 Å². The number of methoxy groups -OCH3 is 2. The van der Waals surface area contributed by atoms with Crippen LogP contribution in [0.4, 0.5) is 11.4 Å². The molecular formula is C26H30N2O5. The smallest absolute Gasteiger partial charge is 0.316 e. The lowest BCUT2D eigenvalue weighted by Gasteiger charge is -2.33. The van der Waals surface area contributed by atoms with E-state index in [0.29, 0.717) is 30.1 Å². The highest BCUT2D eigenvalue weighted by Gasteiger charge is 2.45. The quantitative estimate of drug-likeness (QED) is 0.487. The Bertz CT molecular complexity index is 1090. The summed E-state index contributed by atoms with van der Waals surface area (Å²) >= 11 is 0. The number of ketones is 1. The normalized spacial score (nSPS) is 21.7. The molecule has 0 unspecified atom stereocenters. The van der Waals surface area contributed by atoms with Gasteiger partial charge >= 0.3 is 5.97 Å². The number of benzene rings is 2. The van der Waals surface area contributed by atoms with Gasteiger partial charge in [0.15, 0.2) is 17.3 Å². The number of nitrogens with one attached hydrogen (secondary N) is 2. The number of ether oxygens (including phenoxy) is 3. The molecule has 1 aliphatic carbocycles. The maximum Gasteiger partial charge on any atom is 0.316 e. The molecule has 3 atom stereocenters. The van der Waals surface area contributed by atoms with E-state index in [9.17, 15) is 9.59 Å². The minimum atomic E-state index is -0.855. The van der Waals surface area contributed by atoms with Crippen molar-refractivity contribution in [3.63, 3.8) is 0 Å². The predicted molar refractivity (Wildman–Crippen MR) is 127 cm³/mol. The second-order valence-electron chi connectivity index (χ2n) is 8.41. The molecule has 2 aromatic rings. The average molecular weight is 451 g/mol. The molecule has 0 saturated carbocycles. The largest absolute Gasteiger partial charge is 0.493 e. The first-order valence-electron chi connectivity index (χ1n) is 11.3. The number of anilines is 2. The SMILES string of the molecule is CCCOc1c(OC)cccc1[C@H]1Nc2ccccc2NC2=C1C(=O)[C@H](C(=O)OC)[C@@H](C)C2. The maximum atomic E-state index is 13.8. The Balaban J connectivity index is 1.91. The van der Waals surface area contributed by atoms with Gasteiger partial charge in [0.1, 0.15) is 5.92 Å². The molecule has 174 valence electrons. The number of esters is 1. The van der Waals surface area contributed by atoms with Crippen LogP contribution in [-0.4, -0.2) is 32.6 Å². The van der Waals surface area contributed by atoms with E-state index >= 15 is 0 Å². The van der Waals surface area contributed by atoms with Gasteiger partial charge in [0.05, 0.1) is 38.2 Å². The van der Waals surface area contributed by atoms with E-state index in [1.54, 1.807) is 7.11 Å². The van der Waals surface area contributed by atoms with Crippen LogP contribution in [0.1, 0.15) is 38.3 Å². The van der Waals surface area contributed by atoms with Crippen molar-refractivity contribution in [3.8, 4) is 11.5 Å². The number of rotatable bonds is 6. The standard InChI is InChI=1S/C26H30N2O5/c1-5-13-33-25-16(9-8-12-20(25)31-3)23-22-19(27-17-10-6-7-11-18(17)28-23)14-15(2)21(24(22)29)26(30)32-4/h6-12,15,21,23,27-28H,5,13-14H2,1-4H3/t15-,21+,23+/m0/s1. The van der Waals surface area contributed by atoms with E-state index < -0.39 is 17.9 Å². The van der Waals surface area contributed by atoms with E-state index in [-0.39, 0.29) is 11.7 Å². The topological polar surface area (TPSA) is 85.9 Å². The van der Waals surface area contributed by atoms with Gasteiger partial charge in [0.25, 0.3) is 0 Å². The van der Waals surface area contributed by atoms with Crippen molar-refractivity contribution < 1.29 is 23.8 Å². The lowest BCUT2D eigenvalue weighted by molar-refractivity contribution is -0.151. The van der Waals surface area contributed by atoms with E-state index in [4.69, 9.17) is 14.2 Å². The summed E-state index contributed by atoms with van der Waals surface area (Å²) in [5, 5.41) is 7.00. The number of hydrogen-bond donors (Lipinski definition) is 2. The van der Waals surface area contributed by atoms with Crippen LogP contribution in [0.15, 0.2) is 53.7 Å². The van der Waals surface area contributed by atoms with Gasteiger partial charge in [-0.1, -0.05) is 38.1 Å². The molecule has 0 spiro atoms. The zero-order valence-electron chi connectivity index (χ0n) is 19.4. The summed E-state index contributed by atoms with van der Waals surface area (Å²) in [4.78, 5) is 26.4. The summed E-state index contributed by atoms with van der Waals surface area (Å²) < 4.78 is 16.7. The highest BCUT2D eigenvalue weighted by Crippen LogP contribution is 2.47. The Hall–Kier alpha value is -3.48. The molecule has 0 radical (unpaired) electrons. The van der Waals surface area contributed by atoms with Crippen LogP contribution in [0.5, 0.6) is 11.5 Å². The lowest BCUT2D eigenvalue weighted by Crippen LogP contribution is -2.39. The van der Waals surface area contributed by atoms with Crippen molar-refractivity contribution in [2.75, 3.05) is 31.5 Å². The van der Waals surface area contributed by atoms with Crippen LogP contribution >= 0.6 is 0 Å². The Morgan fingerprint density at radius 1 is 1.09 bits per heavy atom. The molecule has 4 rings (SSSR count). The molecule has 0 fully saturated rings. The monoisotopic (exact) mass is 450 g/mol. The minimum Gasteiger partial charge on any atom is -0.493 e. The summed E-state index contributed by atoms with van der Waals surface area (Å²) in [7, 11) is 2.92. The molecule has 33 heavy (non-hydrogen) atoms. The van der Waals surface area contributed by atoms with Gasteiger partial charge in [0.2, 0.25) is 0 Å². The Labute approximate surface area is 194 Å². The van der Waals surface area contributed by atoms with E-state index in [2.05, 4.69) is 10.6 Å². The van der Waals surface area contributed by atoms with Gasteiger partial charge < -0.3 is 24.8 Å². The minimum absolute atomic E-state index is 0.191. The molecule has 2 aromatic carbocycles. The zero-order valence-corrected chi connectivity index (χ0v) is 19.4. The molecule has 0 bridgehead atoms. The van der Waals surface area contributed by atoms with Crippen molar-refractivity contribution >= 4 is 23.1 Å². The lowest BCUT2D eigenvalue weighted by atomic mass is 9.74. The van der Waals surface area contributed by atoms with Crippen LogP contribution < -0.4 is 20.1 Å². The van der Waals surface area contributed by atoms with Crippen LogP contribution in [-0.2, 0) is 14.3 Å². The average Bonchev–Trinajstić information content (AvgIpc) is 2.98. The third-order valence-electron chi connectivity index (χ3n) is 6.22. The molecule has 1 heterocycles. The van der Waals surface area contributed by atoms with Crippen LogP contribution in [0.25, 0.3) is 0 Å². The Morgan fingerprint density at radius 3 is 2.55 bits per heavy atom. The number of hydrogen-bond acceptors (Lipinski definition) is 7. The zero-order chi connectivity index (χ0) is 23.5. The van der Waals surface area contributed by atoms with Gasteiger partial charge in [-0.2, -0.15) is 0 Å². The van der Waals surface area contributed by atoms with E-state index in [1.807, 2.05) is 56.3 Å². The van der Waals surface area contributed by atoms with Crippen LogP contribution in [0.2, 0.25) is 0 Å². The third kappa shape index (κ3) is 4.15. The second-order valence-corrected chi connectivity index (χ2v) is 8.41. The number of Topliss-reactive ketones (excluding diaryl/α,β-unsaturated/α-hetero) is 1. The van der Waals surface area contributed by atoms with Gasteiger partial charge in [-0.05, 0) is 37.0 Å². The van der Waals surface area contributed by atoms with Crippen molar-refractivity contribution in [3.05, 3.63) is 59.3 Å². The predicted octanol–water partition coefficient (Wildman–Crippen LogP) is 4.71. The first-order valence-corrected chi connectivity index (χ1v) is 11.3. The van der Waals surface area contributed by atoms with Crippen molar-refractivity contribution in [2.24, 2.45) is 11.8 Å². The number of allylic oxidation sites excluding steroid dienone is 1. The molecule has 7 heteroatoms. The highest BCUT2D eigenvalue weighted by atomic mass is 16.5. The number of carbonyl (C=O) groups is 2. The fourth-order valence-electron chi connectivity index (χ4n) is 4.65. The molecule has 1 aliphatic heterocycles. The molecule has 0 amide bonds. The fraction of sp³-hybridized carbons (Fsp3) is 0.385. The Morgan fingerprint density at radius 2 is 1.85 bits per heavy atom. The molecule has 2 N–H and O–H groups in total. The maximum absolute atomic E-state index is 13.8.